The standard InChI is InChI=1S/C30H34N2O11/c1-6-40-21-10-16(8-9-20(21)37-3)13-31-23(33)12-17(24-25(34)19(14-32-29(24)35)30(36)41-7-2)18-11-22(38-4)27-28(26(18)39-5)43-15-42-27/h8-11,14,17H,6-7,12-13,15H2,1-5H3,(H,31,33)(H2,32,34,35). The number of methoxy groups -OCH3 is 3. The first-order valence-electron chi connectivity index (χ1n) is 13.5. The second kappa shape index (κ2) is 13.7. The smallest absolute Gasteiger partial charge is 0.343 e. The molecule has 1 atom stereocenters. The van der Waals surface area contributed by atoms with Gasteiger partial charge in [0.1, 0.15) is 11.3 Å². The van der Waals surface area contributed by atoms with Crippen LogP contribution < -0.4 is 39.3 Å². The molecule has 0 radical (unpaired) electrons. The van der Waals surface area contributed by atoms with Crippen molar-refractivity contribution in [2.45, 2.75) is 32.7 Å². The van der Waals surface area contributed by atoms with Crippen LogP contribution in [0.4, 0.5) is 0 Å². The van der Waals surface area contributed by atoms with Gasteiger partial charge in [-0.2, -0.15) is 0 Å². The van der Waals surface area contributed by atoms with Gasteiger partial charge in [-0.15, -0.1) is 0 Å². The van der Waals surface area contributed by atoms with Crippen LogP contribution in [0.25, 0.3) is 0 Å². The molecule has 3 aromatic rings. The van der Waals surface area contributed by atoms with Crippen molar-refractivity contribution in [1.29, 1.82) is 0 Å². The number of aromatic amines is 1. The van der Waals surface area contributed by atoms with Gasteiger partial charge in [0.15, 0.2) is 23.0 Å². The summed E-state index contributed by atoms with van der Waals surface area (Å²) >= 11 is 0. The Labute approximate surface area is 247 Å². The Hall–Kier alpha value is -5.07. The first-order valence-corrected chi connectivity index (χ1v) is 13.5. The number of pyridine rings is 1. The summed E-state index contributed by atoms with van der Waals surface area (Å²) in [6.45, 7) is 3.95. The van der Waals surface area contributed by atoms with Crippen molar-refractivity contribution in [3.05, 3.63) is 63.1 Å². The number of H-pyrrole nitrogens is 1. The summed E-state index contributed by atoms with van der Waals surface area (Å²) < 4.78 is 38.3. The molecule has 4 rings (SSSR count). The largest absolute Gasteiger partial charge is 0.506 e. The number of ether oxygens (including phenoxy) is 7. The number of nitrogens with one attached hydrogen (secondary N) is 2. The number of rotatable bonds is 13. The lowest BCUT2D eigenvalue weighted by Crippen LogP contribution is -2.28. The molecule has 1 unspecified atom stereocenters. The van der Waals surface area contributed by atoms with Crippen LogP contribution in [0.5, 0.6) is 40.2 Å². The Bertz CT molecular complexity index is 1550. The maximum absolute atomic E-state index is 13.5. The molecule has 0 aliphatic carbocycles. The highest BCUT2D eigenvalue weighted by Gasteiger charge is 2.35. The van der Waals surface area contributed by atoms with E-state index in [1.165, 1.54) is 27.4 Å². The van der Waals surface area contributed by atoms with E-state index >= 15 is 0 Å². The monoisotopic (exact) mass is 598 g/mol. The molecule has 1 aliphatic heterocycles. The highest BCUT2D eigenvalue weighted by atomic mass is 16.7. The Morgan fingerprint density at radius 1 is 1.00 bits per heavy atom. The molecule has 0 saturated carbocycles. The third-order valence-corrected chi connectivity index (χ3v) is 6.74. The van der Waals surface area contributed by atoms with E-state index in [4.69, 9.17) is 33.2 Å². The molecule has 0 spiro atoms. The number of esters is 1. The van der Waals surface area contributed by atoms with E-state index in [0.29, 0.717) is 18.1 Å². The minimum atomic E-state index is -1.13. The molecule has 43 heavy (non-hydrogen) atoms. The van der Waals surface area contributed by atoms with Crippen LogP contribution in [0.2, 0.25) is 0 Å². The molecule has 2 heterocycles. The van der Waals surface area contributed by atoms with Crippen LogP contribution in [0, 0.1) is 0 Å². The van der Waals surface area contributed by atoms with Crippen molar-refractivity contribution in [3.63, 3.8) is 0 Å². The van der Waals surface area contributed by atoms with Gasteiger partial charge in [-0.1, -0.05) is 6.07 Å². The average molecular weight is 599 g/mol. The SMILES string of the molecule is CCOC(=O)c1c[nH]c(=O)c(C(CC(=O)NCc2ccc(OC)c(OCC)c2)c2cc(OC)c3c(c2OC)OCO3)c1O. The van der Waals surface area contributed by atoms with Crippen LogP contribution in [0.3, 0.4) is 0 Å². The van der Waals surface area contributed by atoms with E-state index in [0.717, 1.165) is 11.8 Å². The number of amides is 1. The Morgan fingerprint density at radius 2 is 1.74 bits per heavy atom. The minimum absolute atomic E-state index is 0.0438. The van der Waals surface area contributed by atoms with Gasteiger partial charge in [0.25, 0.3) is 5.56 Å². The number of aromatic nitrogens is 1. The van der Waals surface area contributed by atoms with Gasteiger partial charge in [0.05, 0.1) is 40.1 Å². The van der Waals surface area contributed by atoms with Gasteiger partial charge in [-0.05, 0) is 37.6 Å². The number of aromatic hydroxyl groups is 1. The normalized spacial score (nSPS) is 12.3. The van der Waals surface area contributed by atoms with Crippen LogP contribution in [-0.2, 0) is 16.1 Å². The predicted octanol–water partition coefficient (Wildman–Crippen LogP) is 3.25. The molecule has 1 aromatic heterocycles. The van der Waals surface area contributed by atoms with E-state index in [1.807, 2.05) is 6.92 Å². The van der Waals surface area contributed by atoms with E-state index < -0.39 is 29.1 Å². The number of carbonyl (C=O) groups excluding carboxylic acids is 2. The molecule has 1 amide bonds. The van der Waals surface area contributed by atoms with Crippen LogP contribution in [0.1, 0.15) is 53.2 Å². The molecule has 1 aliphatic rings. The lowest BCUT2D eigenvalue weighted by atomic mass is 9.86. The van der Waals surface area contributed by atoms with Gasteiger partial charge in [-0.3, -0.25) is 9.59 Å². The molecular weight excluding hydrogens is 564 g/mol. The minimum Gasteiger partial charge on any atom is -0.506 e. The summed E-state index contributed by atoms with van der Waals surface area (Å²) in [5.74, 6) is -1.08. The van der Waals surface area contributed by atoms with Crippen molar-refractivity contribution < 1.29 is 47.9 Å². The molecule has 13 nitrogen and oxygen atoms in total. The van der Waals surface area contributed by atoms with Crippen molar-refractivity contribution in [1.82, 2.24) is 10.3 Å². The molecule has 0 bridgehead atoms. The van der Waals surface area contributed by atoms with E-state index in [-0.39, 0.29) is 66.1 Å². The van der Waals surface area contributed by atoms with E-state index in [9.17, 15) is 19.5 Å². The number of benzene rings is 2. The zero-order valence-electron chi connectivity index (χ0n) is 24.5. The fourth-order valence-corrected chi connectivity index (χ4v) is 4.80. The van der Waals surface area contributed by atoms with Crippen LogP contribution in [-0.4, -0.2) is 63.3 Å². The Kier molecular flexibility index (Phi) is 9.86. The van der Waals surface area contributed by atoms with Gasteiger partial charge in [-0.25, -0.2) is 4.79 Å². The second-order valence-electron chi connectivity index (χ2n) is 9.23. The quantitative estimate of drug-likeness (QED) is 0.248. The number of hydrogen-bond donors (Lipinski definition) is 3. The Morgan fingerprint density at radius 3 is 2.42 bits per heavy atom. The first-order chi connectivity index (χ1) is 20.8. The number of hydrogen-bond acceptors (Lipinski definition) is 11. The van der Waals surface area contributed by atoms with Gasteiger partial charge < -0.3 is 48.6 Å². The zero-order valence-corrected chi connectivity index (χ0v) is 24.5. The second-order valence-corrected chi connectivity index (χ2v) is 9.23. The molecular formula is C30H34N2O11. The maximum atomic E-state index is 13.5. The van der Waals surface area contributed by atoms with Crippen molar-refractivity contribution in [3.8, 4) is 40.2 Å². The highest BCUT2D eigenvalue weighted by molar-refractivity contribution is 5.92. The van der Waals surface area contributed by atoms with Gasteiger partial charge >= 0.3 is 5.97 Å². The first kappa shape index (κ1) is 30.9. The summed E-state index contributed by atoms with van der Waals surface area (Å²) in [6.07, 6.45) is 0.726. The Balaban J connectivity index is 1.77. The summed E-state index contributed by atoms with van der Waals surface area (Å²) in [5, 5.41) is 14.1. The lowest BCUT2D eigenvalue weighted by Gasteiger charge is -2.23. The molecule has 230 valence electrons. The van der Waals surface area contributed by atoms with Crippen LogP contribution >= 0.6 is 0 Å². The number of carbonyl (C=O) groups is 2. The van der Waals surface area contributed by atoms with Crippen molar-refractivity contribution in [2.75, 3.05) is 41.3 Å². The summed E-state index contributed by atoms with van der Waals surface area (Å²) in [6, 6.07) is 6.81. The third-order valence-electron chi connectivity index (χ3n) is 6.74. The fraction of sp³-hybridized carbons (Fsp3) is 0.367. The molecule has 0 saturated heterocycles. The summed E-state index contributed by atoms with van der Waals surface area (Å²) in [7, 11) is 4.35. The topological polar surface area (TPSA) is 164 Å². The lowest BCUT2D eigenvalue weighted by molar-refractivity contribution is -0.121. The molecule has 2 aromatic carbocycles. The van der Waals surface area contributed by atoms with Crippen molar-refractivity contribution in [2.24, 2.45) is 0 Å². The average Bonchev–Trinajstić information content (AvgIpc) is 3.49. The summed E-state index contributed by atoms with van der Waals surface area (Å²) in [4.78, 5) is 41.8. The van der Waals surface area contributed by atoms with E-state index in [2.05, 4.69) is 10.3 Å². The third kappa shape index (κ3) is 6.40. The predicted molar refractivity (Wildman–Crippen MR) is 153 cm³/mol. The van der Waals surface area contributed by atoms with Gasteiger partial charge in [0.2, 0.25) is 24.2 Å². The van der Waals surface area contributed by atoms with Crippen molar-refractivity contribution >= 4 is 11.9 Å². The fourth-order valence-electron chi connectivity index (χ4n) is 4.80. The van der Waals surface area contributed by atoms with Crippen LogP contribution in [0.15, 0.2) is 35.3 Å². The van der Waals surface area contributed by atoms with E-state index in [1.54, 1.807) is 25.1 Å². The molecule has 13 heteroatoms. The maximum Gasteiger partial charge on any atom is 0.343 e. The molecule has 3 N–H and O–H groups in total. The van der Waals surface area contributed by atoms with Gasteiger partial charge in [0, 0.05) is 30.6 Å². The zero-order chi connectivity index (χ0) is 31.1. The molecule has 0 fully saturated rings. The highest BCUT2D eigenvalue weighted by Crippen LogP contribution is 2.53. The number of fused-ring (bicyclic) bond motifs is 1. The summed E-state index contributed by atoms with van der Waals surface area (Å²) in [5.41, 5.74) is -0.220.